The van der Waals surface area contributed by atoms with Crippen LogP contribution in [0.15, 0.2) is 0 Å². The van der Waals surface area contributed by atoms with Crippen LogP contribution in [0.25, 0.3) is 0 Å². The summed E-state index contributed by atoms with van der Waals surface area (Å²) < 4.78 is 4.81. The number of hydrogen-bond donors (Lipinski definition) is 1. The lowest BCUT2D eigenvalue weighted by Gasteiger charge is -2.29. The summed E-state index contributed by atoms with van der Waals surface area (Å²) in [6.07, 6.45) is 7.50. The average molecular weight is 239 g/mol. The minimum atomic E-state index is -0.423. The maximum absolute atomic E-state index is 11.8. The van der Waals surface area contributed by atoms with Gasteiger partial charge in [0.25, 0.3) is 0 Å². The summed E-state index contributed by atoms with van der Waals surface area (Å²) in [6.45, 7) is 0. The standard InChI is InChI=1S/C13H21NO3/c1-17-13(16)11(9-5-3-2-4-6-9)14-12(15)10-7-8-10/h9-11H,2-8H2,1H3,(H,14,15)/t11-/m0/s1. The third-order valence-corrected chi connectivity index (χ3v) is 3.82. The molecule has 2 rings (SSSR count). The SMILES string of the molecule is COC(=O)[C@@H](NC(=O)C1CC1)C1CCCCC1. The molecule has 0 aromatic heterocycles. The maximum atomic E-state index is 11.8. The van der Waals surface area contributed by atoms with Gasteiger partial charge in [0, 0.05) is 5.92 Å². The van der Waals surface area contributed by atoms with Crippen molar-refractivity contribution in [3.8, 4) is 0 Å². The molecule has 1 amide bonds. The van der Waals surface area contributed by atoms with Crippen LogP contribution in [0.5, 0.6) is 0 Å². The molecule has 2 saturated carbocycles. The van der Waals surface area contributed by atoms with Gasteiger partial charge in [0.15, 0.2) is 0 Å². The van der Waals surface area contributed by atoms with E-state index in [0.29, 0.717) is 0 Å². The zero-order valence-corrected chi connectivity index (χ0v) is 10.4. The summed E-state index contributed by atoms with van der Waals surface area (Å²) in [5, 5.41) is 2.89. The van der Waals surface area contributed by atoms with E-state index in [9.17, 15) is 9.59 Å². The lowest BCUT2D eigenvalue weighted by Crippen LogP contribution is -2.47. The number of carbonyl (C=O) groups is 2. The van der Waals surface area contributed by atoms with Crippen molar-refractivity contribution in [2.45, 2.75) is 51.0 Å². The van der Waals surface area contributed by atoms with E-state index < -0.39 is 6.04 Å². The molecule has 2 aliphatic rings. The number of methoxy groups -OCH3 is 1. The Hall–Kier alpha value is -1.06. The van der Waals surface area contributed by atoms with E-state index >= 15 is 0 Å². The summed E-state index contributed by atoms with van der Waals surface area (Å²) in [4.78, 5) is 23.5. The Kier molecular flexibility index (Phi) is 4.02. The van der Waals surface area contributed by atoms with Gasteiger partial charge in [-0.3, -0.25) is 4.79 Å². The molecule has 0 aromatic rings. The normalized spacial score (nSPS) is 22.9. The van der Waals surface area contributed by atoms with Crippen LogP contribution < -0.4 is 5.32 Å². The fourth-order valence-corrected chi connectivity index (χ4v) is 2.58. The Labute approximate surface area is 102 Å². The van der Waals surface area contributed by atoms with Crippen molar-refractivity contribution >= 4 is 11.9 Å². The summed E-state index contributed by atoms with van der Waals surface area (Å²) in [5.41, 5.74) is 0. The number of carbonyl (C=O) groups excluding carboxylic acids is 2. The molecule has 2 aliphatic carbocycles. The molecule has 4 heteroatoms. The monoisotopic (exact) mass is 239 g/mol. The molecule has 0 heterocycles. The van der Waals surface area contributed by atoms with E-state index in [1.807, 2.05) is 0 Å². The number of amides is 1. The second-order valence-electron chi connectivity index (χ2n) is 5.18. The molecule has 17 heavy (non-hydrogen) atoms. The molecule has 2 fully saturated rings. The molecule has 0 saturated heterocycles. The van der Waals surface area contributed by atoms with Crippen LogP contribution in [0.3, 0.4) is 0 Å². The molecule has 0 aliphatic heterocycles. The Balaban J connectivity index is 1.95. The van der Waals surface area contributed by atoms with Crippen molar-refractivity contribution in [1.29, 1.82) is 0 Å². The van der Waals surface area contributed by atoms with Gasteiger partial charge in [0.05, 0.1) is 7.11 Å². The smallest absolute Gasteiger partial charge is 0.328 e. The molecule has 0 radical (unpaired) electrons. The molecule has 96 valence electrons. The van der Waals surface area contributed by atoms with Gasteiger partial charge in [-0.25, -0.2) is 4.79 Å². The minimum absolute atomic E-state index is 0.0333. The van der Waals surface area contributed by atoms with E-state index in [-0.39, 0.29) is 23.7 Å². The number of rotatable bonds is 4. The predicted molar refractivity (Wildman–Crippen MR) is 63.2 cm³/mol. The van der Waals surface area contributed by atoms with Crippen LogP contribution in [0, 0.1) is 11.8 Å². The lowest BCUT2D eigenvalue weighted by atomic mass is 9.84. The van der Waals surface area contributed by atoms with Gasteiger partial charge in [-0.15, -0.1) is 0 Å². The van der Waals surface area contributed by atoms with Crippen molar-refractivity contribution in [1.82, 2.24) is 5.32 Å². The largest absolute Gasteiger partial charge is 0.467 e. The highest BCUT2D eigenvalue weighted by atomic mass is 16.5. The van der Waals surface area contributed by atoms with Gasteiger partial charge in [-0.05, 0) is 31.6 Å². The van der Waals surface area contributed by atoms with Crippen LogP contribution in [0.2, 0.25) is 0 Å². The number of hydrogen-bond acceptors (Lipinski definition) is 3. The van der Waals surface area contributed by atoms with Gasteiger partial charge in [0.2, 0.25) is 5.91 Å². The molecular weight excluding hydrogens is 218 g/mol. The quantitative estimate of drug-likeness (QED) is 0.759. The highest BCUT2D eigenvalue weighted by Crippen LogP contribution is 2.31. The van der Waals surface area contributed by atoms with E-state index in [4.69, 9.17) is 4.74 Å². The fraction of sp³-hybridized carbons (Fsp3) is 0.846. The van der Waals surface area contributed by atoms with Crippen LogP contribution >= 0.6 is 0 Å². The summed E-state index contributed by atoms with van der Waals surface area (Å²) >= 11 is 0. The van der Waals surface area contributed by atoms with E-state index in [2.05, 4.69) is 5.32 Å². The van der Waals surface area contributed by atoms with Crippen LogP contribution in [0.1, 0.15) is 44.9 Å². The second kappa shape index (κ2) is 5.52. The average Bonchev–Trinajstić information content (AvgIpc) is 3.20. The summed E-state index contributed by atoms with van der Waals surface area (Å²) in [6, 6.07) is -0.423. The van der Waals surface area contributed by atoms with Crippen molar-refractivity contribution in [2.75, 3.05) is 7.11 Å². The molecule has 1 atom stereocenters. The van der Waals surface area contributed by atoms with Crippen LogP contribution in [-0.4, -0.2) is 25.0 Å². The Morgan fingerprint density at radius 1 is 1.12 bits per heavy atom. The van der Waals surface area contributed by atoms with Gasteiger partial charge in [-0.1, -0.05) is 19.3 Å². The zero-order chi connectivity index (χ0) is 12.3. The predicted octanol–water partition coefficient (Wildman–Crippen LogP) is 1.63. The molecule has 0 aromatic carbocycles. The van der Waals surface area contributed by atoms with E-state index in [0.717, 1.165) is 38.5 Å². The fourth-order valence-electron chi connectivity index (χ4n) is 2.58. The number of ether oxygens (including phenoxy) is 1. The first-order valence-corrected chi connectivity index (χ1v) is 6.60. The second-order valence-corrected chi connectivity index (χ2v) is 5.18. The summed E-state index contributed by atoms with van der Waals surface area (Å²) in [7, 11) is 1.39. The Bertz CT molecular complexity index is 293. The zero-order valence-electron chi connectivity index (χ0n) is 10.4. The first-order valence-electron chi connectivity index (χ1n) is 6.60. The maximum Gasteiger partial charge on any atom is 0.328 e. The van der Waals surface area contributed by atoms with Crippen molar-refractivity contribution in [3.05, 3.63) is 0 Å². The number of esters is 1. The first-order chi connectivity index (χ1) is 8.22. The molecular formula is C13H21NO3. The molecule has 0 unspecified atom stereocenters. The van der Waals surface area contributed by atoms with E-state index in [1.165, 1.54) is 13.5 Å². The molecule has 4 nitrogen and oxygen atoms in total. The van der Waals surface area contributed by atoms with Crippen molar-refractivity contribution in [2.24, 2.45) is 11.8 Å². The van der Waals surface area contributed by atoms with E-state index in [1.54, 1.807) is 0 Å². The first kappa shape index (κ1) is 12.4. The topological polar surface area (TPSA) is 55.4 Å². The van der Waals surface area contributed by atoms with Gasteiger partial charge >= 0.3 is 5.97 Å². The molecule has 0 spiro atoms. The van der Waals surface area contributed by atoms with Gasteiger partial charge < -0.3 is 10.1 Å². The Morgan fingerprint density at radius 3 is 2.29 bits per heavy atom. The van der Waals surface area contributed by atoms with Crippen molar-refractivity contribution in [3.63, 3.8) is 0 Å². The molecule has 1 N–H and O–H groups in total. The van der Waals surface area contributed by atoms with Gasteiger partial charge in [-0.2, -0.15) is 0 Å². The Morgan fingerprint density at radius 2 is 1.76 bits per heavy atom. The lowest BCUT2D eigenvalue weighted by molar-refractivity contribution is -0.147. The molecule has 0 bridgehead atoms. The van der Waals surface area contributed by atoms with Crippen molar-refractivity contribution < 1.29 is 14.3 Å². The minimum Gasteiger partial charge on any atom is -0.467 e. The highest BCUT2D eigenvalue weighted by molar-refractivity contribution is 5.87. The van der Waals surface area contributed by atoms with Crippen LogP contribution in [0.4, 0.5) is 0 Å². The highest BCUT2D eigenvalue weighted by Gasteiger charge is 2.36. The number of nitrogens with one attached hydrogen (secondary N) is 1. The third-order valence-electron chi connectivity index (χ3n) is 3.82. The third kappa shape index (κ3) is 3.20. The van der Waals surface area contributed by atoms with Gasteiger partial charge in [0.1, 0.15) is 6.04 Å². The summed E-state index contributed by atoms with van der Waals surface area (Å²) in [5.74, 6) is 0.154. The van der Waals surface area contributed by atoms with Crippen LogP contribution in [-0.2, 0) is 14.3 Å².